The molecule has 0 radical (unpaired) electrons. The van der Waals surface area contributed by atoms with Gasteiger partial charge < -0.3 is 10.4 Å². The van der Waals surface area contributed by atoms with Crippen LogP contribution in [0.3, 0.4) is 0 Å². The first-order valence-electron chi connectivity index (χ1n) is 6.81. The maximum absolute atomic E-state index is 12.9. The summed E-state index contributed by atoms with van der Waals surface area (Å²) in [4.78, 5) is 10.3. The van der Waals surface area contributed by atoms with Gasteiger partial charge in [-0.15, -0.1) is 0 Å². The Hall–Kier alpha value is -0.780. The predicted molar refractivity (Wildman–Crippen MR) is 65.4 cm³/mol. The van der Waals surface area contributed by atoms with Gasteiger partial charge in [0, 0.05) is 6.04 Å². The molecule has 2 unspecified atom stereocenters. The fourth-order valence-corrected chi connectivity index (χ4v) is 3.24. The summed E-state index contributed by atoms with van der Waals surface area (Å²) in [6.45, 7) is 0.906. The number of carbonyl (C=O) groups excluding carboxylic acids is 1. The van der Waals surface area contributed by atoms with E-state index >= 15 is 0 Å². The average molecular weight is 281 g/mol. The largest absolute Gasteiger partial charge is 0.396 e. The summed E-state index contributed by atoms with van der Waals surface area (Å²) in [7, 11) is 0. The van der Waals surface area contributed by atoms with Crippen molar-refractivity contribution in [3.63, 3.8) is 0 Å². The van der Waals surface area contributed by atoms with Gasteiger partial charge in [0.1, 0.15) is 0 Å². The van der Waals surface area contributed by atoms with Gasteiger partial charge in [-0.05, 0) is 37.5 Å². The molecule has 0 bridgehead atoms. The van der Waals surface area contributed by atoms with Crippen LogP contribution in [-0.2, 0) is 4.79 Å². The van der Waals surface area contributed by atoms with E-state index in [4.69, 9.17) is 5.11 Å². The highest BCUT2D eigenvalue weighted by molar-refractivity contribution is 5.46. The molecule has 1 rings (SSSR count). The molecule has 1 aliphatic carbocycles. The molecule has 0 aliphatic heterocycles. The molecule has 0 spiro atoms. The van der Waals surface area contributed by atoms with Crippen molar-refractivity contribution < 1.29 is 23.1 Å². The number of aliphatic hydroxyl groups is 1. The second-order valence-corrected chi connectivity index (χ2v) is 5.30. The minimum absolute atomic E-state index is 0.0199. The summed E-state index contributed by atoms with van der Waals surface area (Å²) < 4.78 is 38.7. The number of amides is 1. The Balaban J connectivity index is 2.63. The first-order valence-corrected chi connectivity index (χ1v) is 6.81. The normalized spacial score (nSPS) is 27.6. The molecular weight excluding hydrogens is 259 g/mol. The van der Waals surface area contributed by atoms with Crippen LogP contribution in [0.4, 0.5) is 13.2 Å². The highest BCUT2D eigenvalue weighted by atomic mass is 19.4. The zero-order valence-electron chi connectivity index (χ0n) is 11.1. The van der Waals surface area contributed by atoms with E-state index in [9.17, 15) is 18.0 Å². The molecule has 1 amide bonds. The van der Waals surface area contributed by atoms with Crippen molar-refractivity contribution >= 4 is 6.41 Å². The van der Waals surface area contributed by atoms with Crippen LogP contribution in [0.1, 0.15) is 39.0 Å². The highest BCUT2D eigenvalue weighted by Crippen LogP contribution is 2.42. The quantitative estimate of drug-likeness (QED) is 0.735. The highest BCUT2D eigenvalue weighted by Gasteiger charge is 2.46. The van der Waals surface area contributed by atoms with Gasteiger partial charge in [0.05, 0.1) is 12.5 Å². The van der Waals surface area contributed by atoms with E-state index in [0.29, 0.717) is 25.7 Å². The molecule has 0 saturated heterocycles. The van der Waals surface area contributed by atoms with Crippen LogP contribution in [0.15, 0.2) is 0 Å². The van der Waals surface area contributed by atoms with Gasteiger partial charge in [0.25, 0.3) is 0 Å². The van der Waals surface area contributed by atoms with Gasteiger partial charge >= 0.3 is 6.18 Å². The van der Waals surface area contributed by atoms with Crippen molar-refractivity contribution in [3.05, 3.63) is 0 Å². The fraction of sp³-hybridized carbons (Fsp3) is 0.923. The second kappa shape index (κ2) is 7.12. The molecule has 0 aromatic heterocycles. The summed E-state index contributed by atoms with van der Waals surface area (Å²) in [5, 5.41) is 11.7. The summed E-state index contributed by atoms with van der Waals surface area (Å²) in [5.41, 5.74) is 0. The Morgan fingerprint density at radius 3 is 2.26 bits per heavy atom. The van der Waals surface area contributed by atoms with Crippen molar-refractivity contribution in [3.8, 4) is 0 Å². The van der Waals surface area contributed by atoms with E-state index in [0.717, 1.165) is 12.8 Å². The first kappa shape index (κ1) is 16.3. The van der Waals surface area contributed by atoms with Crippen molar-refractivity contribution in [1.29, 1.82) is 0 Å². The van der Waals surface area contributed by atoms with Crippen LogP contribution >= 0.6 is 0 Å². The smallest absolute Gasteiger partial charge is 0.394 e. The zero-order valence-corrected chi connectivity index (χ0v) is 11.1. The van der Waals surface area contributed by atoms with Crippen LogP contribution in [-0.4, -0.2) is 30.3 Å². The van der Waals surface area contributed by atoms with Gasteiger partial charge in [0.15, 0.2) is 0 Å². The van der Waals surface area contributed by atoms with Crippen LogP contribution in [0.2, 0.25) is 0 Å². The lowest BCUT2D eigenvalue weighted by Crippen LogP contribution is -2.40. The zero-order chi connectivity index (χ0) is 14.5. The maximum atomic E-state index is 12.9. The number of halogens is 3. The molecule has 0 aromatic rings. The molecule has 2 N–H and O–H groups in total. The first-order chi connectivity index (χ1) is 8.93. The summed E-state index contributed by atoms with van der Waals surface area (Å²) in [5.74, 6) is -2.17. The molecule has 0 aromatic carbocycles. The second-order valence-electron chi connectivity index (χ2n) is 5.30. The Labute approximate surface area is 111 Å². The van der Waals surface area contributed by atoms with Gasteiger partial charge in [-0.2, -0.15) is 13.2 Å². The lowest BCUT2D eigenvalue weighted by atomic mass is 9.72. The number of nitrogens with one attached hydrogen (secondary N) is 1. The number of rotatable bonds is 6. The monoisotopic (exact) mass is 281 g/mol. The van der Waals surface area contributed by atoms with Crippen LogP contribution in [0.25, 0.3) is 0 Å². The van der Waals surface area contributed by atoms with E-state index in [1.165, 1.54) is 0 Å². The van der Waals surface area contributed by atoms with Crippen LogP contribution in [0, 0.1) is 17.8 Å². The van der Waals surface area contributed by atoms with Crippen molar-refractivity contribution in [1.82, 2.24) is 5.32 Å². The molecule has 1 aliphatic rings. The Morgan fingerprint density at radius 2 is 1.89 bits per heavy atom. The number of hydrogen-bond acceptors (Lipinski definition) is 2. The van der Waals surface area contributed by atoms with Gasteiger partial charge in [-0.3, -0.25) is 4.79 Å². The summed E-state index contributed by atoms with van der Waals surface area (Å²) in [6.07, 6.45) is -0.484. The Morgan fingerprint density at radius 1 is 1.32 bits per heavy atom. The molecule has 1 fully saturated rings. The van der Waals surface area contributed by atoms with Gasteiger partial charge in [-0.1, -0.05) is 13.3 Å². The molecule has 112 valence electrons. The van der Waals surface area contributed by atoms with E-state index in [2.05, 4.69) is 5.32 Å². The average Bonchev–Trinajstić information content (AvgIpc) is 2.36. The van der Waals surface area contributed by atoms with E-state index in [1.807, 2.05) is 0 Å². The van der Waals surface area contributed by atoms with Crippen molar-refractivity contribution in [2.24, 2.45) is 17.8 Å². The third-order valence-corrected chi connectivity index (χ3v) is 4.29. The summed E-state index contributed by atoms with van der Waals surface area (Å²) in [6, 6.07) is 0.0877. The van der Waals surface area contributed by atoms with Gasteiger partial charge in [0.2, 0.25) is 6.41 Å². The topological polar surface area (TPSA) is 49.3 Å². The molecule has 19 heavy (non-hydrogen) atoms. The minimum Gasteiger partial charge on any atom is -0.396 e. The SMILES string of the molecule is CCC(C1CCC(NC=O)CC1)C(CO)C(F)(F)F. The van der Waals surface area contributed by atoms with E-state index in [1.54, 1.807) is 6.92 Å². The Bertz CT molecular complexity index is 276. The maximum Gasteiger partial charge on any atom is 0.394 e. The van der Waals surface area contributed by atoms with E-state index < -0.39 is 24.6 Å². The molecule has 2 atom stereocenters. The third-order valence-electron chi connectivity index (χ3n) is 4.29. The van der Waals surface area contributed by atoms with E-state index in [-0.39, 0.29) is 12.0 Å². The third kappa shape index (κ3) is 4.37. The predicted octanol–water partition coefficient (Wildman–Crippen LogP) is 2.49. The van der Waals surface area contributed by atoms with Crippen LogP contribution < -0.4 is 5.32 Å². The number of aliphatic hydroxyl groups excluding tert-OH is 1. The standard InChI is InChI=1S/C13H22F3NO2/c1-2-11(12(7-18)13(14,15)16)9-3-5-10(6-4-9)17-8-19/h8-12,18H,2-7H2,1H3,(H,17,19). The lowest BCUT2D eigenvalue weighted by molar-refractivity contribution is -0.205. The molecule has 0 heterocycles. The summed E-state index contributed by atoms with van der Waals surface area (Å²) >= 11 is 0. The number of hydrogen-bond donors (Lipinski definition) is 2. The Kier molecular flexibility index (Phi) is 6.10. The molecule has 3 nitrogen and oxygen atoms in total. The molecule has 6 heteroatoms. The van der Waals surface area contributed by atoms with Crippen molar-refractivity contribution in [2.75, 3.05) is 6.61 Å². The number of alkyl halides is 3. The van der Waals surface area contributed by atoms with Gasteiger partial charge in [-0.25, -0.2) is 0 Å². The number of carbonyl (C=O) groups is 1. The minimum atomic E-state index is -4.34. The molecular formula is C13H22F3NO2. The van der Waals surface area contributed by atoms with Crippen LogP contribution in [0.5, 0.6) is 0 Å². The lowest BCUT2D eigenvalue weighted by Gasteiger charge is -2.37. The fourth-order valence-electron chi connectivity index (χ4n) is 3.24. The molecule has 1 saturated carbocycles. The van der Waals surface area contributed by atoms with Crippen molar-refractivity contribution in [2.45, 2.75) is 51.2 Å².